The van der Waals surface area contributed by atoms with Gasteiger partial charge in [0.05, 0.1) is 23.4 Å². The number of anilines is 1. The topological polar surface area (TPSA) is 79.2 Å². The summed E-state index contributed by atoms with van der Waals surface area (Å²) in [7, 11) is 0. The molecule has 3 rings (SSSR count). The van der Waals surface area contributed by atoms with Crippen LogP contribution in [0.4, 0.5) is 10.5 Å². The molecule has 0 atom stereocenters. The minimum Gasteiger partial charge on any atom is -0.443 e. The Balaban J connectivity index is 2.20. The molecule has 0 spiro atoms. The second-order valence-electron chi connectivity index (χ2n) is 8.80. The second kappa shape index (κ2) is 7.78. The molecular weight excluding hydrogens is 366 g/mol. The van der Waals surface area contributed by atoms with Gasteiger partial charge in [-0.3, -0.25) is 4.79 Å². The van der Waals surface area contributed by atoms with Gasteiger partial charge in [0.15, 0.2) is 0 Å². The van der Waals surface area contributed by atoms with Crippen molar-refractivity contribution in [2.75, 3.05) is 5.73 Å². The van der Waals surface area contributed by atoms with Crippen LogP contribution in [-0.2, 0) is 17.7 Å². The maximum absolute atomic E-state index is 13.2. The van der Waals surface area contributed by atoms with E-state index in [1.807, 2.05) is 45.0 Å². The summed E-state index contributed by atoms with van der Waals surface area (Å²) in [4.78, 5) is 25.6. The monoisotopic (exact) mass is 395 g/mol. The Kier molecular flexibility index (Phi) is 5.55. The first-order valence-corrected chi connectivity index (χ1v) is 9.87. The molecule has 0 bridgehead atoms. The van der Waals surface area contributed by atoms with Crippen LogP contribution in [0.2, 0.25) is 0 Å². The van der Waals surface area contributed by atoms with Crippen molar-refractivity contribution < 1.29 is 9.53 Å². The number of carbonyl (C=O) groups is 1. The van der Waals surface area contributed by atoms with Gasteiger partial charge in [0.2, 0.25) is 0 Å². The molecule has 6 heteroatoms. The molecule has 154 valence electrons. The number of benzene rings is 1. The normalized spacial score (nSPS) is 11.9. The molecule has 29 heavy (non-hydrogen) atoms. The van der Waals surface area contributed by atoms with Crippen molar-refractivity contribution in [1.29, 1.82) is 0 Å². The number of pyridine rings is 1. The Bertz CT molecular complexity index is 1100. The fourth-order valence-corrected chi connectivity index (χ4v) is 3.48. The molecule has 0 aliphatic rings. The predicted molar refractivity (Wildman–Crippen MR) is 116 cm³/mol. The third-order valence-corrected chi connectivity index (χ3v) is 4.57. The molecule has 0 unspecified atom stereocenters. The molecule has 0 fully saturated rings. The largest absolute Gasteiger partial charge is 0.443 e. The average molecular weight is 396 g/mol. The Morgan fingerprint density at radius 1 is 1.17 bits per heavy atom. The van der Waals surface area contributed by atoms with Crippen molar-refractivity contribution in [3.8, 4) is 0 Å². The number of aromatic nitrogens is 2. The van der Waals surface area contributed by atoms with Gasteiger partial charge < -0.3 is 15.0 Å². The highest BCUT2D eigenvalue weighted by Gasteiger charge is 2.24. The summed E-state index contributed by atoms with van der Waals surface area (Å²) < 4.78 is 8.81. The van der Waals surface area contributed by atoms with Gasteiger partial charge in [-0.05, 0) is 56.9 Å². The lowest BCUT2D eigenvalue weighted by Crippen LogP contribution is -2.29. The summed E-state index contributed by atoms with van der Waals surface area (Å²) in [5.74, 6) is 0.433. The number of hydrogen-bond donors (Lipinski definition) is 1. The van der Waals surface area contributed by atoms with Gasteiger partial charge in [0, 0.05) is 11.6 Å². The van der Waals surface area contributed by atoms with Crippen LogP contribution in [0, 0.1) is 5.92 Å². The van der Waals surface area contributed by atoms with E-state index >= 15 is 0 Å². The van der Waals surface area contributed by atoms with Crippen LogP contribution >= 0.6 is 0 Å². The number of hydrogen-bond acceptors (Lipinski definition) is 4. The van der Waals surface area contributed by atoms with Gasteiger partial charge in [-0.1, -0.05) is 32.0 Å². The molecule has 0 amide bonds. The fraction of sp³-hybridized carbons (Fsp3) is 0.391. The van der Waals surface area contributed by atoms with Crippen molar-refractivity contribution in [3.05, 3.63) is 64.2 Å². The lowest BCUT2D eigenvalue weighted by molar-refractivity contribution is 0.0539. The first-order valence-electron chi connectivity index (χ1n) is 9.87. The van der Waals surface area contributed by atoms with Gasteiger partial charge in [0.25, 0.3) is 5.56 Å². The molecule has 0 saturated carbocycles. The Labute approximate surface area is 170 Å². The van der Waals surface area contributed by atoms with Crippen LogP contribution in [0.3, 0.4) is 0 Å². The Hall–Kier alpha value is -3.02. The zero-order valence-electron chi connectivity index (χ0n) is 17.7. The molecule has 3 aromatic rings. The Morgan fingerprint density at radius 2 is 1.90 bits per heavy atom. The lowest BCUT2D eigenvalue weighted by atomic mass is 10.0. The van der Waals surface area contributed by atoms with E-state index in [0.717, 1.165) is 22.9 Å². The van der Waals surface area contributed by atoms with Crippen LogP contribution in [0.5, 0.6) is 0 Å². The van der Waals surface area contributed by atoms with Crippen molar-refractivity contribution >= 4 is 22.7 Å². The van der Waals surface area contributed by atoms with Crippen molar-refractivity contribution in [2.24, 2.45) is 5.92 Å². The Morgan fingerprint density at radius 3 is 2.55 bits per heavy atom. The van der Waals surface area contributed by atoms with Crippen LogP contribution in [-0.4, -0.2) is 20.8 Å². The van der Waals surface area contributed by atoms with E-state index in [1.54, 1.807) is 22.9 Å². The van der Waals surface area contributed by atoms with Crippen molar-refractivity contribution in [1.82, 2.24) is 9.13 Å². The minimum atomic E-state index is -0.633. The average Bonchev–Trinajstić information content (AvgIpc) is 2.96. The highest BCUT2D eigenvalue weighted by atomic mass is 16.6. The van der Waals surface area contributed by atoms with E-state index in [4.69, 9.17) is 10.5 Å². The maximum Gasteiger partial charge on any atom is 0.419 e. The quantitative estimate of drug-likeness (QED) is 0.709. The molecule has 0 saturated heterocycles. The predicted octanol–water partition coefficient (Wildman–Crippen LogP) is 4.42. The number of nitrogens with two attached hydrogens (primary N) is 1. The van der Waals surface area contributed by atoms with Gasteiger partial charge in [-0.15, -0.1) is 0 Å². The van der Waals surface area contributed by atoms with Crippen molar-refractivity contribution in [3.63, 3.8) is 0 Å². The van der Waals surface area contributed by atoms with E-state index < -0.39 is 11.7 Å². The molecule has 1 aromatic carbocycles. The number of carbonyl (C=O) groups excluding carboxylic acids is 1. The van der Waals surface area contributed by atoms with Crippen LogP contribution < -0.4 is 11.3 Å². The first kappa shape index (κ1) is 20.7. The summed E-state index contributed by atoms with van der Waals surface area (Å²) >= 11 is 0. The van der Waals surface area contributed by atoms with Gasteiger partial charge in [0.1, 0.15) is 5.60 Å². The highest BCUT2D eigenvalue weighted by Crippen LogP contribution is 2.27. The fourth-order valence-electron chi connectivity index (χ4n) is 3.48. The van der Waals surface area contributed by atoms with Crippen LogP contribution in [0.1, 0.15) is 45.9 Å². The van der Waals surface area contributed by atoms with Gasteiger partial charge >= 0.3 is 6.09 Å². The number of nitrogen functional groups attached to an aromatic ring is 1. The summed E-state index contributed by atoms with van der Waals surface area (Å²) in [5, 5.41) is 0.945. The molecule has 2 heterocycles. The molecule has 2 N–H and O–H groups in total. The van der Waals surface area contributed by atoms with Crippen LogP contribution in [0.15, 0.2) is 47.4 Å². The molecule has 6 nitrogen and oxygen atoms in total. The molecule has 0 radical (unpaired) electrons. The zero-order chi connectivity index (χ0) is 21.3. The standard InChI is InChI=1S/C23H29N3O3/c1-15(2)12-16-8-6-9-17-13-18(14-25-11-7-10-19(24)21(25)27)26(20(16)17)22(28)29-23(3,4)5/h6-11,13,15H,12,14,24H2,1-5H3. The summed E-state index contributed by atoms with van der Waals surface area (Å²) in [5.41, 5.74) is 7.63. The number of fused-ring (bicyclic) bond motifs is 1. The third-order valence-electron chi connectivity index (χ3n) is 4.57. The van der Waals surface area contributed by atoms with Gasteiger partial charge in [-0.2, -0.15) is 0 Å². The summed E-state index contributed by atoms with van der Waals surface area (Å²) in [6.45, 7) is 10.0. The molecular formula is C23H29N3O3. The second-order valence-corrected chi connectivity index (χ2v) is 8.80. The smallest absolute Gasteiger partial charge is 0.419 e. The first-order chi connectivity index (χ1) is 13.6. The number of ether oxygens (including phenoxy) is 1. The maximum atomic E-state index is 13.2. The third kappa shape index (κ3) is 4.53. The van der Waals surface area contributed by atoms with Gasteiger partial charge in [-0.25, -0.2) is 9.36 Å². The zero-order valence-corrected chi connectivity index (χ0v) is 17.7. The number of rotatable bonds is 4. The summed E-state index contributed by atoms with van der Waals surface area (Å²) in [6, 6.07) is 11.3. The SMILES string of the molecule is CC(C)Cc1cccc2cc(Cn3cccc(N)c3=O)n(C(=O)OC(C)(C)C)c12. The van der Waals surface area contributed by atoms with Crippen molar-refractivity contribution in [2.45, 2.75) is 53.2 Å². The van der Waals surface area contributed by atoms with E-state index in [2.05, 4.69) is 13.8 Å². The van der Waals surface area contributed by atoms with E-state index in [-0.39, 0.29) is 17.8 Å². The molecule has 2 aromatic heterocycles. The van der Waals surface area contributed by atoms with E-state index in [1.165, 1.54) is 4.57 Å². The summed E-state index contributed by atoms with van der Waals surface area (Å²) in [6.07, 6.45) is 2.06. The molecule has 0 aliphatic carbocycles. The van der Waals surface area contributed by atoms with E-state index in [0.29, 0.717) is 11.6 Å². The lowest BCUT2D eigenvalue weighted by Gasteiger charge is -2.22. The highest BCUT2D eigenvalue weighted by molar-refractivity contribution is 5.93. The molecule has 0 aliphatic heterocycles. The minimum absolute atomic E-state index is 0.174. The number of para-hydroxylation sites is 1. The van der Waals surface area contributed by atoms with E-state index in [9.17, 15) is 9.59 Å². The number of nitrogens with zero attached hydrogens (tertiary/aromatic N) is 2. The van der Waals surface area contributed by atoms with Crippen LogP contribution in [0.25, 0.3) is 10.9 Å².